The van der Waals surface area contributed by atoms with Crippen molar-refractivity contribution >= 4 is 62.5 Å². The van der Waals surface area contributed by atoms with Gasteiger partial charge < -0.3 is 4.74 Å². The van der Waals surface area contributed by atoms with Crippen LogP contribution in [0.25, 0.3) is 10.2 Å². The van der Waals surface area contributed by atoms with Gasteiger partial charge in [0.2, 0.25) is 0 Å². The lowest BCUT2D eigenvalue weighted by Crippen LogP contribution is -2.07. The Hall–Kier alpha value is -1.27. The highest BCUT2D eigenvalue weighted by Crippen LogP contribution is 2.29. The van der Waals surface area contributed by atoms with Crippen LogP contribution in [-0.4, -0.2) is 23.3 Å². The van der Waals surface area contributed by atoms with Crippen LogP contribution in [0.2, 0.25) is 10.0 Å². The monoisotopic (exact) mass is 383 g/mol. The van der Waals surface area contributed by atoms with Gasteiger partial charge in [0, 0.05) is 15.7 Å². The minimum absolute atomic E-state index is 0.299. The van der Waals surface area contributed by atoms with E-state index in [1.807, 2.05) is 6.07 Å². The third-order valence-corrected chi connectivity index (χ3v) is 5.52. The van der Waals surface area contributed by atoms with Gasteiger partial charge in [-0.15, -0.1) is 23.1 Å². The number of benzene rings is 2. The Labute approximate surface area is 151 Å². The van der Waals surface area contributed by atoms with Crippen molar-refractivity contribution in [3.63, 3.8) is 0 Å². The van der Waals surface area contributed by atoms with E-state index in [2.05, 4.69) is 4.98 Å². The lowest BCUT2D eigenvalue weighted by Gasteiger charge is -2.06. The summed E-state index contributed by atoms with van der Waals surface area (Å²) in [5, 5.41) is 1.27. The van der Waals surface area contributed by atoms with Crippen molar-refractivity contribution in [2.45, 2.75) is 4.90 Å². The number of thioether (sulfide) groups is 1. The Morgan fingerprint density at radius 3 is 2.96 bits per heavy atom. The predicted molar refractivity (Wildman–Crippen MR) is 97.1 cm³/mol. The number of carbonyl (C=O) groups excluding carboxylic acids is 1. The number of rotatable bonds is 5. The third-order valence-electron chi connectivity index (χ3n) is 3.03. The Morgan fingerprint density at radius 2 is 2.09 bits per heavy atom. The number of carbonyl (C=O) groups is 1. The summed E-state index contributed by atoms with van der Waals surface area (Å²) in [6.45, 7) is 0.299. The maximum absolute atomic E-state index is 12.0. The Bertz CT molecular complexity index is 851. The molecule has 2 aromatic carbocycles. The molecule has 3 nitrogen and oxygen atoms in total. The molecule has 23 heavy (non-hydrogen) atoms. The summed E-state index contributed by atoms with van der Waals surface area (Å²) in [4.78, 5) is 17.1. The molecule has 118 valence electrons. The minimum atomic E-state index is -0.335. The van der Waals surface area contributed by atoms with Gasteiger partial charge in [-0.25, -0.2) is 9.78 Å². The molecule has 0 N–H and O–H groups in total. The molecule has 1 aromatic heterocycles. The number of thiazole rings is 1. The molecule has 1 heterocycles. The second kappa shape index (κ2) is 7.53. The summed E-state index contributed by atoms with van der Waals surface area (Å²) in [6, 6.07) is 10.6. The smallest absolute Gasteiger partial charge is 0.338 e. The average Bonchev–Trinajstić information content (AvgIpc) is 3.02. The van der Waals surface area contributed by atoms with Crippen LogP contribution in [0.3, 0.4) is 0 Å². The van der Waals surface area contributed by atoms with Crippen molar-refractivity contribution in [2.75, 3.05) is 12.4 Å². The van der Waals surface area contributed by atoms with Gasteiger partial charge in [0.15, 0.2) is 0 Å². The minimum Gasteiger partial charge on any atom is -0.461 e. The van der Waals surface area contributed by atoms with Crippen molar-refractivity contribution < 1.29 is 9.53 Å². The fourth-order valence-electron chi connectivity index (χ4n) is 1.94. The van der Waals surface area contributed by atoms with Crippen LogP contribution in [0.15, 0.2) is 46.8 Å². The highest BCUT2D eigenvalue weighted by Gasteiger charge is 2.09. The van der Waals surface area contributed by atoms with Gasteiger partial charge in [-0.3, -0.25) is 0 Å². The maximum Gasteiger partial charge on any atom is 0.338 e. The fourth-order valence-corrected chi connectivity index (χ4v) is 3.98. The third kappa shape index (κ3) is 4.18. The molecule has 0 bridgehead atoms. The van der Waals surface area contributed by atoms with E-state index < -0.39 is 0 Å². The molecule has 0 atom stereocenters. The first-order valence-electron chi connectivity index (χ1n) is 6.72. The van der Waals surface area contributed by atoms with E-state index in [0.29, 0.717) is 28.0 Å². The number of esters is 1. The largest absolute Gasteiger partial charge is 0.461 e. The summed E-state index contributed by atoms with van der Waals surface area (Å²) in [5.74, 6) is 0.271. The fraction of sp³-hybridized carbons (Fsp3) is 0.125. The van der Waals surface area contributed by atoms with Crippen LogP contribution in [-0.2, 0) is 4.74 Å². The molecule has 0 amide bonds. The van der Waals surface area contributed by atoms with Crippen molar-refractivity contribution in [1.29, 1.82) is 0 Å². The molecule has 0 unspecified atom stereocenters. The quantitative estimate of drug-likeness (QED) is 0.328. The average molecular weight is 384 g/mol. The van der Waals surface area contributed by atoms with E-state index in [-0.39, 0.29) is 5.97 Å². The molecule has 0 aliphatic carbocycles. The van der Waals surface area contributed by atoms with Crippen LogP contribution in [0.5, 0.6) is 0 Å². The number of fused-ring (bicyclic) bond motifs is 1. The van der Waals surface area contributed by atoms with Crippen molar-refractivity contribution in [3.05, 3.63) is 57.5 Å². The zero-order chi connectivity index (χ0) is 16.2. The SMILES string of the molecule is O=C(OCCSc1cc(Cl)ccc1Cl)c1ccc2ncsc2c1. The van der Waals surface area contributed by atoms with Gasteiger partial charge in [0.05, 0.1) is 26.3 Å². The Morgan fingerprint density at radius 1 is 1.22 bits per heavy atom. The molecule has 0 saturated heterocycles. The van der Waals surface area contributed by atoms with Gasteiger partial charge in [-0.05, 0) is 36.4 Å². The molecule has 0 aliphatic rings. The molecule has 0 fully saturated rings. The summed E-state index contributed by atoms with van der Waals surface area (Å²) < 4.78 is 6.27. The van der Waals surface area contributed by atoms with E-state index in [1.165, 1.54) is 23.1 Å². The lowest BCUT2D eigenvalue weighted by molar-refractivity contribution is 0.0530. The normalized spacial score (nSPS) is 10.9. The van der Waals surface area contributed by atoms with Gasteiger partial charge in [-0.1, -0.05) is 23.2 Å². The Balaban J connectivity index is 1.53. The molecule has 0 saturated carbocycles. The van der Waals surface area contributed by atoms with E-state index in [4.69, 9.17) is 27.9 Å². The predicted octanol–water partition coefficient (Wildman–Crippen LogP) is 5.55. The summed E-state index contributed by atoms with van der Waals surface area (Å²) in [6.07, 6.45) is 0. The van der Waals surface area contributed by atoms with Crippen LogP contribution in [0.1, 0.15) is 10.4 Å². The van der Waals surface area contributed by atoms with E-state index in [9.17, 15) is 4.79 Å². The topological polar surface area (TPSA) is 39.2 Å². The molecule has 3 rings (SSSR count). The van der Waals surface area contributed by atoms with Crippen LogP contribution < -0.4 is 0 Å². The molecule has 0 spiro atoms. The second-order valence-electron chi connectivity index (χ2n) is 4.59. The highest BCUT2D eigenvalue weighted by atomic mass is 35.5. The number of nitrogens with zero attached hydrogens (tertiary/aromatic N) is 1. The molecular formula is C16H11Cl2NO2S2. The summed E-state index contributed by atoms with van der Waals surface area (Å²) in [7, 11) is 0. The lowest BCUT2D eigenvalue weighted by atomic mass is 10.2. The number of aromatic nitrogens is 1. The van der Waals surface area contributed by atoms with E-state index in [0.717, 1.165) is 15.1 Å². The highest BCUT2D eigenvalue weighted by molar-refractivity contribution is 7.99. The molecule has 7 heteroatoms. The van der Waals surface area contributed by atoms with Gasteiger partial charge >= 0.3 is 5.97 Å². The van der Waals surface area contributed by atoms with Gasteiger partial charge in [0.25, 0.3) is 0 Å². The molecule has 0 aliphatic heterocycles. The van der Waals surface area contributed by atoms with E-state index in [1.54, 1.807) is 35.8 Å². The number of hydrogen-bond acceptors (Lipinski definition) is 5. The first-order chi connectivity index (χ1) is 11.1. The molecule has 0 radical (unpaired) electrons. The molecular weight excluding hydrogens is 373 g/mol. The summed E-state index contributed by atoms with van der Waals surface area (Å²) >= 11 is 15.0. The molecule has 3 aromatic rings. The maximum atomic E-state index is 12.0. The second-order valence-corrected chi connectivity index (χ2v) is 7.46. The van der Waals surface area contributed by atoms with Crippen molar-refractivity contribution in [3.8, 4) is 0 Å². The zero-order valence-electron chi connectivity index (χ0n) is 11.8. The first kappa shape index (κ1) is 16.6. The Kier molecular flexibility index (Phi) is 5.43. The number of halogens is 2. The zero-order valence-corrected chi connectivity index (χ0v) is 14.9. The van der Waals surface area contributed by atoms with Gasteiger partial charge in [-0.2, -0.15) is 0 Å². The standard InChI is InChI=1S/C16H11Cl2NO2S2/c17-11-2-3-12(18)14(8-11)22-6-5-21-16(20)10-1-4-13-15(7-10)23-9-19-13/h1-4,7-9H,5-6H2. The van der Waals surface area contributed by atoms with Crippen molar-refractivity contribution in [2.24, 2.45) is 0 Å². The van der Waals surface area contributed by atoms with Crippen LogP contribution >= 0.6 is 46.3 Å². The van der Waals surface area contributed by atoms with Crippen LogP contribution in [0, 0.1) is 0 Å². The number of hydrogen-bond donors (Lipinski definition) is 0. The number of ether oxygens (including phenoxy) is 1. The van der Waals surface area contributed by atoms with Crippen LogP contribution in [0.4, 0.5) is 0 Å². The first-order valence-corrected chi connectivity index (χ1v) is 9.34. The van der Waals surface area contributed by atoms with Gasteiger partial charge in [0.1, 0.15) is 6.61 Å². The van der Waals surface area contributed by atoms with E-state index >= 15 is 0 Å². The summed E-state index contributed by atoms with van der Waals surface area (Å²) in [5.41, 5.74) is 3.18. The van der Waals surface area contributed by atoms with Crippen molar-refractivity contribution in [1.82, 2.24) is 4.98 Å².